The average molecular weight is 335 g/mol. The second-order valence-electron chi connectivity index (χ2n) is 6.26. The molecule has 0 saturated carbocycles. The first kappa shape index (κ1) is 15.8. The van der Waals surface area contributed by atoms with Crippen LogP contribution in [0.5, 0.6) is 5.88 Å². The Hall–Kier alpha value is -2.73. The summed E-state index contributed by atoms with van der Waals surface area (Å²) in [6, 6.07) is 10.6. The van der Waals surface area contributed by atoms with Crippen molar-refractivity contribution in [3.8, 4) is 17.0 Å². The largest absolute Gasteiger partial charge is 0.481 e. The number of piperazine rings is 1. The van der Waals surface area contributed by atoms with Gasteiger partial charge in [-0.2, -0.15) is 0 Å². The number of anilines is 1. The van der Waals surface area contributed by atoms with Crippen molar-refractivity contribution in [1.29, 1.82) is 0 Å². The van der Waals surface area contributed by atoms with Crippen LogP contribution in [0.1, 0.15) is 6.92 Å². The Kier molecular flexibility index (Phi) is 4.19. The molecule has 0 radical (unpaired) electrons. The summed E-state index contributed by atoms with van der Waals surface area (Å²) in [5, 5.41) is 4.50. The van der Waals surface area contributed by atoms with Crippen molar-refractivity contribution in [2.24, 2.45) is 0 Å². The molecule has 1 aromatic carbocycles. The van der Waals surface area contributed by atoms with Crippen LogP contribution in [0.4, 0.5) is 5.82 Å². The molecular weight excluding hydrogens is 314 g/mol. The zero-order valence-corrected chi connectivity index (χ0v) is 14.4. The van der Waals surface area contributed by atoms with Gasteiger partial charge in [0.25, 0.3) is 0 Å². The van der Waals surface area contributed by atoms with Crippen molar-refractivity contribution < 1.29 is 4.74 Å². The Bertz CT molecular complexity index is 881. The molecule has 25 heavy (non-hydrogen) atoms. The normalized spacial score (nSPS) is 17.7. The van der Waals surface area contributed by atoms with Gasteiger partial charge < -0.3 is 15.0 Å². The fraction of sp³-hybridized carbons (Fsp3) is 0.316. The van der Waals surface area contributed by atoms with Gasteiger partial charge in [-0.25, -0.2) is 15.0 Å². The number of rotatable bonds is 3. The second-order valence-corrected chi connectivity index (χ2v) is 6.26. The maximum Gasteiger partial charge on any atom is 0.212 e. The third-order valence-electron chi connectivity index (χ3n) is 4.67. The lowest BCUT2D eigenvalue weighted by Gasteiger charge is -2.35. The summed E-state index contributed by atoms with van der Waals surface area (Å²) < 4.78 is 5.14. The highest BCUT2D eigenvalue weighted by atomic mass is 16.5. The lowest BCUT2D eigenvalue weighted by molar-refractivity contribution is 0.398. The summed E-state index contributed by atoms with van der Waals surface area (Å²) in [6.45, 7) is 5.10. The van der Waals surface area contributed by atoms with Gasteiger partial charge in [-0.05, 0) is 30.7 Å². The van der Waals surface area contributed by atoms with Gasteiger partial charge in [0, 0.05) is 48.9 Å². The average Bonchev–Trinajstić information content (AvgIpc) is 2.68. The highest BCUT2D eigenvalue weighted by Crippen LogP contribution is 2.30. The number of ether oxygens (including phenoxy) is 1. The molecule has 0 amide bonds. The standard InChI is InChI=1S/C19H21N5O/c1-13-10-20-7-8-24(13)19-16-9-14(3-5-17(16)22-12-23-19)15-4-6-18(25-2)21-11-15/h3-6,9,11-13,20H,7-8,10H2,1-2H3. The third kappa shape index (κ3) is 3.00. The van der Waals surface area contributed by atoms with Crippen LogP contribution in [-0.2, 0) is 0 Å². The molecule has 1 aliphatic heterocycles. The lowest BCUT2D eigenvalue weighted by atomic mass is 10.0. The van der Waals surface area contributed by atoms with Crippen molar-refractivity contribution in [1.82, 2.24) is 20.3 Å². The van der Waals surface area contributed by atoms with Crippen molar-refractivity contribution in [3.63, 3.8) is 0 Å². The predicted molar refractivity (Wildman–Crippen MR) is 99.0 cm³/mol. The topological polar surface area (TPSA) is 63.2 Å². The number of aromatic nitrogens is 3. The van der Waals surface area contributed by atoms with E-state index in [0.29, 0.717) is 11.9 Å². The van der Waals surface area contributed by atoms with Gasteiger partial charge in [0.2, 0.25) is 5.88 Å². The quantitative estimate of drug-likeness (QED) is 0.793. The van der Waals surface area contributed by atoms with Crippen LogP contribution in [-0.4, -0.2) is 47.7 Å². The molecule has 6 nitrogen and oxygen atoms in total. The van der Waals surface area contributed by atoms with Crippen molar-refractivity contribution >= 4 is 16.7 Å². The van der Waals surface area contributed by atoms with E-state index in [-0.39, 0.29) is 0 Å². The molecule has 2 aromatic heterocycles. The summed E-state index contributed by atoms with van der Waals surface area (Å²) in [6.07, 6.45) is 3.48. The number of methoxy groups -OCH3 is 1. The molecule has 1 unspecified atom stereocenters. The van der Waals surface area contributed by atoms with Crippen LogP contribution in [0.2, 0.25) is 0 Å². The van der Waals surface area contributed by atoms with E-state index in [0.717, 1.165) is 47.5 Å². The molecule has 0 bridgehead atoms. The van der Waals surface area contributed by atoms with Crippen molar-refractivity contribution in [2.45, 2.75) is 13.0 Å². The summed E-state index contributed by atoms with van der Waals surface area (Å²) in [5.41, 5.74) is 3.10. The zero-order valence-electron chi connectivity index (χ0n) is 14.4. The van der Waals surface area contributed by atoms with Gasteiger partial charge in [0.1, 0.15) is 12.1 Å². The van der Waals surface area contributed by atoms with Gasteiger partial charge in [-0.1, -0.05) is 6.07 Å². The third-order valence-corrected chi connectivity index (χ3v) is 4.67. The summed E-state index contributed by atoms with van der Waals surface area (Å²) in [4.78, 5) is 15.7. The molecule has 3 aromatic rings. The maximum absolute atomic E-state index is 5.14. The number of fused-ring (bicyclic) bond motifs is 1. The fourth-order valence-corrected chi connectivity index (χ4v) is 3.28. The summed E-state index contributed by atoms with van der Waals surface area (Å²) >= 11 is 0. The van der Waals surface area contributed by atoms with Gasteiger partial charge in [0.15, 0.2) is 0 Å². The van der Waals surface area contributed by atoms with Gasteiger partial charge in [-0.15, -0.1) is 0 Å². The molecule has 1 fully saturated rings. The minimum absolute atomic E-state index is 0.401. The number of nitrogens with one attached hydrogen (secondary N) is 1. The van der Waals surface area contributed by atoms with Crippen LogP contribution >= 0.6 is 0 Å². The van der Waals surface area contributed by atoms with Gasteiger partial charge >= 0.3 is 0 Å². The molecule has 1 saturated heterocycles. The summed E-state index contributed by atoms with van der Waals surface area (Å²) in [7, 11) is 1.62. The first-order valence-electron chi connectivity index (χ1n) is 8.49. The van der Waals surface area contributed by atoms with Crippen LogP contribution in [0, 0.1) is 0 Å². The number of pyridine rings is 1. The minimum atomic E-state index is 0.401. The van der Waals surface area contributed by atoms with Crippen LogP contribution in [0.15, 0.2) is 42.9 Å². The number of benzene rings is 1. The minimum Gasteiger partial charge on any atom is -0.481 e. The molecule has 1 aliphatic rings. The van der Waals surface area contributed by atoms with Gasteiger partial charge in [-0.3, -0.25) is 0 Å². The summed E-state index contributed by atoms with van der Waals surface area (Å²) in [5.74, 6) is 1.62. The van der Waals surface area contributed by atoms with Crippen molar-refractivity contribution in [2.75, 3.05) is 31.6 Å². The SMILES string of the molecule is COc1ccc(-c2ccc3ncnc(N4CCNCC4C)c3c2)cn1. The molecule has 1 atom stereocenters. The lowest BCUT2D eigenvalue weighted by Crippen LogP contribution is -2.50. The van der Waals surface area contributed by atoms with Crippen LogP contribution < -0.4 is 15.0 Å². The van der Waals surface area contributed by atoms with E-state index < -0.39 is 0 Å². The van der Waals surface area contributed by atoms with E-state index in [9.17, 15) is 0 Å². The Morgan fingerprint density at radius 1 is 1.12 bits per heavy atom. The molecule has 4 rings (SSSR count). The monoisotopic (exact) mass is 335 g/mol. The smallest absolute Gasteiger partial charge is 0.212 e. The molecule has 0 aliphatic carbocycles. The van der Waals surface area contributed by atoms with E-state index in [1.807, 2.05) is 24.4 Å². The van der Waals surface area contributed by atoms with E-state index in [2.05, 4.69) is 44.2 Å². The number of hydrogen-bond acceptors (Lipinski definition) is 6. The van der Waals surface area contributed by atoms with E-state index in [4.69, 9.17) is 4.74 Å². The molecule has 3 heterocycles. The Labute approximate surface area is 146 Å². The van der Waals surface area contributed by atoms with Crippen LogP contribution in [0.3, 0.4) is 0 Å². The second kappa shape index (κ2) is 6.64. The maximum atomic E-state index is 5.14. The highest BCUT2D eigenvalue weighted by Gasteiger charge is 2.21. The van der Waals surface area contributed by atoms with Crippen molar-refractivity contribution in [3.05, 3.63) is 42.9 Å². The van der Waals surface area contributed by atoms with E-state index >= 15 is 0 Å². The zero-order chi connectivity index (χ0) is 17.2. The molecule has 1 N–H and O–H groups in total. The van der Waals surface area contributed by atoms with E-state index in [1.165, 1.54) is 0 Å². The predicted octanol–water partition coefficient (Wildman–Crippen LogP) is 2.50. The number of nitrogens with zero attached hydrogens (tertiary/aromatic N) is 4. The number of hydrogen-bond donors (Lipinski definition) is 1. The Morgan fingerprint density at radius 3 is 2.76 bits per heavy atom. The molecule has 0 spiro atoms. The van der Waals surface area contributed by atoms with Gasteiger partial charge in [0.05, 0.1) is 12.6 Å². The molecular formula is C19H21N5O. The fourth-order valence-electron chi connectivity index (χ4n) is 3.28. The van der Waals surface area contributed by atoms with Crippen LogP contribution in [0.25, 0.3) is 22.0 Å². The Morgan fingerprint density at radius 2 is 2.00 bits per heavy atom. The first-order valence-corrected chi connectivity index (χ1v) is 8.49. The highest BCUT2D eigenvalue weighted by molar-refractivity contribution is 5.93. The Balaban J connectivity index is 1.79. The van der Waals surface area contributed by atoms with E-state index in [1.54, 1.807) is 13.4 Å². The molecule has 6 heteroatoms. The first-order chi connectivity index (χ1) is 12.3. The molecule has 128 valence electrons.